The summed E-state index contributed by atoms with van der Waals surface area (Å²) in [7, 11) is 0. The second kappa shape index (κ2) is 13.1. The summed E-state index contributed by atoms with van der Waals surface area (Å²) in [6.07, 6.45) is 3.85. The molecule has 1 amide bonds. The Labute approximate surface area is 233 Å². The maximum atomic E-state index is 13.7. The molecular weight excluding hydrogens is 482 g/mol. The molecule has 0 aromatic heterocycles. The molecule has 1 fully saturated rings. The summed E-state index contributed by atoms with van der Waals surface area (Å²) in [6.45, 7) is 12.9. The highest BCUT2D eigenvalue weighted by atomic mass is 16.2. The predicted octanol–water partition coefficient (Wildman–Crippen LogP) is 6.57. The maximum Gasteiger partial charge on any atom is 0.254 e. The number of rotatable bonds is 9. The van der Waals surface area contributed by atoms with E-state index < -0.39 is 0 Å². The summed E-state index contributed by atoms with van der Waals surface area (Å²) in [5.41, 5.74) is 6.08. The number of likely N-dealkylation sites (tertiary alicyclic amines) is 1. The predicted molar refractivity (Wildman–Crippen MR) is 163 cm³/mol. The largest absolute Gasteiger partial charge is 0.372 e. The summed E-state index contributed by atoms with van der Waals surface area (Å²) < 4.78 is 0. The molecule has 0 saturated carbocycles. The van der Waals surface area contributed by atoms with E-state index in [-0.39, 0.29) is 24.8 Å². The van der Waals surface area contributed by atoms with E-state index in [2.05, 4.69) is 61.8 Å². The van der Waals surface area contributed by atoms with Crippen molar-refractivity contribution in [2.75, 3.05) is 49.1 Å². The number of ketones is 1. The molecule has 5 nitrogen and oxygen atoms in total. The number of benzene rings is 3. The summed E-state index contributed by atoms with van der Waals surface area (Å²) in [5, 5.41) is 0. The van der Waals surface area contributed by atoms with Gasteiger partial charge in [0.25, 0.3) is 5.91 Å². The van der Waals surface area contributed by atoms with Crippen LogP contribution in [0.3, 0.4) is 0 Å². The highest BCUT2D eigenvalue weighted by Crippen LogP contribution is 2.25. The Bertz CT molecular complexity index is 1240. The second-order valence-electron chi connectivity index (χ2n) is 9.72. The number of carbonyl (C=O) groups excluding carboxylic acids is 2. The Balaban J connectivity index is 1.67. The van der Waals surface area contributed by atoms with Crippen molar-refractivity contribution in [2.45, 2.75) is 27.7 Å². The smallest absolute Gasteiger partial charge is 0.254 e. The zero-order valence-electron chi connectivity index (χ0n) is 23.6. The van der Waals surface area contributed by atoms with Crippen molar-refractivity contribution in [2.24, 2.45) is 0 Å². The van der Waals surface area contributed by atoms with Gasteiger partial charge >= 0.3 is 0 Å². The van der Waals surface area contributed by atoms with Crippen molar-refractivity contribution in [1.82, 2.24) is 4.90 Å². The number of Topliss-reactive ketones (excluding diaryl/α,β-unsaturated/α-hetero) is 1. The fraction of sp³-hybridized carbons (Fsp3) is 0.294. The van der Waals surface area contributed by atoms with Crippen LogP contribution in [-0.4, -0.2) is 55.9 Å². The molecule has 3 aromatic rings. The molecule has 0 spiro atoms. The summed E-state index contributed by atoms with van der Waals surface area (Å²) >= 11 is 0. The lowest BCUT2D eigenvalue weighted by Crippen LogP contribution is -2.41. The van der Waals surface area contributed by atoms with E-state index in [1.165, 1.54) is 0 Å². The first-order chi connectivity index (χ1) is 19.0. The molecule has 5 heteroatoms. The van der Waals surface area contributed by atoms with E-state index in [0.717, 1.165) is 48.7 Å². The highest BCUT2D eigenvalue weighted by molar-refractivity contribution is 6.16. The molecule has 0 N–H and O–H groups in total. The molecule has 39 heavy (non-hydrogen) atoms. The van der Waals surface area contributed by atoms with Crippen LogP contribution >= 0.6 is 0 Å². The molecule has 0 atom stereocenters. The average Bonchev–Trinajstić information content (AvgIpc) is 2.98. The van der Waals surface area contributed by atoms with E-state index in [1.54, 1.807) is 4.90 Å². The zero-order chi connectivity index (χ0) is 27.8. The SMILES string of the molecule is CCN(CC)c1ccc(C=C2CN(C(=O)c3ccccc3)CC(=Cc3ccc(N(CC)CC)cc3)C2=O)cc1. The second-order valence-corrected chi connectivity index (χ2v) is 9.72. The minimum absolute atomic E-state index is 0.00671. The van der Waals surface area contributed by atoms with Crippen LogP contribution in [0.25, 0.3) is 12.2 Å². The van der Waals surface area contributed by atoms with Gasteiger partial charge in [-0.1, -0.05) is 42.5 Å². The van der Waals surface area contributed by atoms with Crippen molar-refractivity contribution in [3.8, 4) is 0 Å². The van der Waals surface area contributed by atoms with Crippen molar-refractivity contribution in [3.63, 3.8) is 0 Å². The fourth-order valence-corrected chi connectivity index (χ4v) is 5.09. The Morgan fingerprint density at radius 2 is 1.08 bits per heavy atom. The molecule has 1 saturated heterocycles. The van der Waals surface area contributed by atoms with Crippen LogP contribution in [0.1, 0.15) is 49.2 Å². The lowest BCUT2D eigenvalue weighted by molar-refractivity contribution is -0.113. The van der Waals surface area contributed by atoms with Crippen LogP contribution in [0.2, 0.25) is 0 Å². The van der Waals surface area contributed by atoms with Crippen LogP contribution in [0.5, 0.6) is 0 Å². The first-order valence-electron chi connectivity index (χ1n) is 14.0. The monoisotopic (exact) mass is 521 g/mol. The van der Waals surface area contributed by atoms with E-state index in [0.29, 0.717) is 16.7 Å². The molecule has 1 heterocycles. The summed E-state index contributed by atoms with van der Waals surface area (Å²) in [6, 6.07) is 25.8. The van der Waals surface area contributed by atoms with E-state index >= 15 is 0 Å². The van der Waals surface area contributed by atoms with Gasteiger partial charge in [0.15, 0.2) is 5.78 Å². The van der Waals surface area contributed by atoms with Crippen LogP contribution in [0.15, 0.2) is 90.0 Å². The van der Waals surface area contributed by atoms with Crippen molar-refractivity contribution in [1.29, 1.82) is 0 Å². The van der Waals surface area contributed by atoms with Gasteiger partial charge in [-0.2, -0.15) is 0 Å². The molecule has 1 aliphatic rings. The first-order valence-corrected chi connectivity index (χ1v) is 14.0. The number of amides is 1. The molecule has 0 radical (unpaired) electrons. The summed E-state index contributed by atoms with van der Waals surface area (Å²) in [5.74, 6) is -0.0820. The fourth-order valence-electron chi connectivity index (χ4n) is 5.09. The quantitative estimate of drug-likeness (QED) is 0.299. The first kappa shape index (κ1) is 27.9. The third-order valence-electron chi connectivity index (χ3n) is 7.34. The summed E-state index contributed by atoms with van der Waals surface area (Å²) in [4.78, 5) is 33.4. The number of hydrogen-bond acceptors (Lipinski definition) is 4. The normalized spacial score (nSPS) is 15.6. The third kappa shape index (κ3) is 6.66. The van der Waals surface area contributed by atoms with Gasteiger partial charge in [-0.25, -0.2) is 0 Å². The van der Waals surface area contributed by atoms with Crippen molar-refractivity contribution < 1.29 is 9.59 Å². The molecule has 3 aromatic carbocycles. The number of carbonyl (C=O) groups is 2. The van der Waals surface area contributed by atoms with Crippen molar-refractivity contribution in [3.05, 3.63) is 107 Å². The number of hydrogen-bond donors (Lipinski definition) is 0. The highest BCUT2D eigenvalue weighted by Gasteiger charge is 2.29. The van der Waals surface area contributed by atoms with E-state index in [4.69, 9.17) is 0 Å². The van der Waals surface area contributed by atoms with Crippen molar-refractivity contribution >= 4 is 35.2 Å². The Morgan fingerprint density at radius 3 is 1.46 bits per heavy atom. The van der Waals surface area contributed by atoms with Crippen LogP contribution < -0.4 is 9.80 Å². The van der Waals surface area contributed by atoms with Gasteiger partial charge in [0.05, 0.1) is 13.1 Å². The van der Waals surface area contributed by atoms with Gasteiger partial charge in [-0.15, -0.1) is 0 Å². The van der Waals surface area contributed by atoms with Gasteiger partial charge in [0.1, 0.15) is 0 Å². The third-order valence-corrected chi connectivity index (χ3v) is 7.34. The van der Waals surface area contributed by atoms with Gasteiger partial charge < -0.3 is 14.7 Å². The van der Waals surface area contributed by atoms with Gasteiger partial charge in [0, 0.05) is 54.3 Å². The average molecular weight is 522 g/mol. The van der Waals surface area contributed by atoms with E-state index in [9.17, 15) is 9.59 Å². The standard InChI is InChI=1S/C34H39N3O2/c1-5-35(6-2)31-18-14-26(15-19-31)22-29-24-37(34(39)28-12-10-9-11-13-28)25-30(33(29)38)23-27-16-20-32(21-17-27)36(7-3)8-4/h9-23H,5-8,24-25H2,1-4H3. The molecule has 0 bridgehead atoms. The molecular formula is C34H39N3O2. The van der Waals surface area contributed by atoms with Crippen LogP contribution in [0, 0.1) is 0 Å². The van der Waals surface area contributed by atoms with Gasteiger partial charge in [0.2, 0.25) is 0 Å². The number of nitrogens with zero attached hydrogens (tertiary/aromatic N) is 3. The van der Waals surface area contributed by atoms with Crippen LogP contribution in [0.4, 0.5) is 11.4 Å². The molecule has 0 aliphatic carbocycles. The lowest BCUT2D eigenvalue weighted by Gasteiger charge is -2.30. The topological polar surface area (TPSA) is 43.9 Å². The van der Waals surface area contributed by atoms with Gasteiger partial charge in [-0.05, 0) is 87.4 Å². The zero-order valence-corrected chi connectivity index (χ0v) is 23.6. The number of piperidine rings is 1. The van der Waals surface area contributed by atoms with Crippen LogP contribution in [-0.2, 0) is 4.79 Å². The lowest BCUT2D eigenvalue weighted by atomic mass is 9.93. The molecule has 202 valence electrons. The maximum absolute atomic E-state index is 13.7. The molecule has 1 aliphatic heterocycles. The Hall–Kier alpha value is -4.12. The Morgan fingerprint density at radius 1 is 0.667 bits per heavy atom. The molecule has 4 rings (SSSR count). The minimum atomic E-state index is -0.0753. The minimum Gasteiger partial charge on any atom is -0.372 e. The number of anilines is 2. The Kier molecular flexibility index (Phi) is 9.37. The molecule has 0 unspecified atom stereocenters. The van der Waals surface area contributed by atoms with E-state index in [1.807, 2.05) is 66.7 Å². The van der Waals surface area contributed by atoms with Gasteiger partial charge in [-0.3, -0.25) is 9.59 Å².